The Morgan fingerprint density at radius 1 is 0.485 bits per heavy atom. The highest BCUT2D eigenvalue weighted by Crippen LogP contribution is 2.21. The lowest BCUT2D eigenvalue weighted by molar-refractivity contribution is 0.569. The number of benzene rings is 1. The topological polar surface area (TPSA) is 25.8 Å². The van der Waals surface area contributed by atoms with Gasteiger partial charge in [0.25, 0.3) is 0 Å². The van der Waals surface area contributed by atoms with Gasteiger partial charge in [-0.15, -0.1) is 0 Å². The molecule has 0 aliphatic carbocycles. The van der Waals surface area contributed by atoms with Crippen LogP contribution in [0.2, 0.25) is 0 Å². The molecule has 0 bridgehead atoms. The largest absolute Gasteiger partial charge is 0.264 e. The van der Waals surface area contributed by atoms with Gasteiger partial charge in [-0.05, 0) is 40.2 Å². The second kappa shape index (κ2) is 15.4. The predicted octanol–water partition coefficient (Wildman–Crippen LogP) is 9.65. The first-order valence-electron chi connectivity index (χ1n) is 10.7. The zero-order valence-electron chi connectivity index (χ0n) is 20.4. The Hall–Kier alpha value is -2.48. The molecule has 0 saturated carbocycles. The Morgan fingerprint density at radius 3 is 1.24 bits per heavy atom. The standard InChI is InChI=1S/C10H14.2C9H13N.3CH4/c1-10(2,3)9-7-5-4-6-8-9;1-9(2,3)8-5-4-6-10-7-8;1-9(2,3)8-6-4-5-7-10-8;;;/h4-8H,1-3H3;2*4-7H,1-3H3;3*1H4. The van der Waals surface area contributed by atoms with Crippen molar-refractivity contribution in [3.63, 3.8) is 0 Å². The summed E-state index contributed by atoms with van der Waals surface area (Å²) in [5.74, 6) is 0. The molecule has 186 valence electrons. The molecule has 0 unspecified atom stereocenters. The van der Waals surface area contributed by atoms with Gasteiger partial charge in [-0.3, -0.25) is 9.97 Å². The first-order chi connectivity index (χ1) is 13.8. The van der Waals surface area contributed by atoms with Crippen molar-refractivity contribution in [2.75, 3.05) is 0 Å². The van der Waals surface area contributed by atoms with Crippen molar-refractivity contribution in [3.8, 4) is 0 Å². The van der Waals surface area contributed by atoms with Crippen LogP contribution in [0.3, 0.4) is 0 Å². The van der Waals surface area contributed by atoms with Gasteiger partial charge >= 0.3 is 0 Å². The minimum atomic E-state index is 0. The van der Waals surface area contributed by atoms with E-state index < -0.39 is 0 Å². The Labute approximate surface area is 206 Å². The molecule has 33 heavy (non-hydrogen) atoms. The van der Waals surface area contributed by atoms with Gasteiger partial charge in [-0.1, -0.05) is 127 Å². The summed E-state index contributed by atoms with van der Waals surface area (Å²) < 4.78 is 0. The van der Waals surface area contributed by atoms with Crippen LogP contribution in [-0.4, -0.2) is 9.97 Å². The van der Waals surface area contributed by atoms with Crippen LogP contribution in [0.15, 0.2) is 79.3 Å². The molecule has 3 aromatic rings. The molecule has 0 N–H and O–H groups in total. The average Bonchev–Trinajstić information content (AvgIpc) is 2.69. The van der Waals surface area contributed by atoms with E-state index in [1.54, 1.807) is 6.20 Å². The molecule has 2 nitrogen and oxygen atoms in total. The third-order valence-corrected chi connectivity index (χ3v) is 4.60. The second-order valence-electron chi connectivity index (χ2n) is 10.6. The van der Waals surface area contributed by atoms with E-state index in [9.17, 15) is 0 Å². The van der Waals surface area contributed by atoms with E-state index in [0.29, 0.717) is 5.41 Å². The summed E-state index contributed by atoms with van der Waals surface area (Å²) in [6.45, 7) is 19.7. The molecule has 0 amide bonds. The van der Waals surface area contributed by atoms with Crippen molar-refractivity contribution in [2.24, 2.45) is 0 Å². The van der Waals surface area contributed by atoms with Crippen LogP contribution < -0.4 is 0 Å². The van der Waals surface area contributed by atoms with Crippen molar-refractivity contribution in [2.45, 2.75) is 101 Å². The van der Waals surface area contributed by atoms with E-state index in [0.717, 1.165) is 5.69 Å². The van der Waals surface area contributed by atoms with Gasteiger partial charge in [0.05, 0.1) is 0 Å². The van der Waals surface area contributed by atoms with Crippen LogP contribution in [0.25, 0.3) is 0 Å². The molecule has 0 fully saturated rings. The number of hydrogen-bond donors (Lipinski definition) is 0. The normalized spacial score (nSPS) is 10.5. The summed E-state index contributed by atoms with van der Waals surface area (Å²) in [5.41, 5.74) is 4.54. The van der Waals surface area contributed by atoms with E-state index in [-0.39, 0.29) is 33.1 Å². The van der Waals surface area contributed by atoms with Crippen LogP contribution >= 0.6 is 0 Å². The maximum Gasteiger partial charge on any atom is 0.0457 e. The fourth-order valence-corrected chi connectivity index (χ4v) is 2.55. The number of aromatic nitrogens is 2. The SMILES string of the molecule is C.C.C.CC(C)(C)c1ccccc1.CC(C)(C)c1ccccn1.CC(C)(C)c1cccnc1. The molecule has 2 aromatic heterocycles. The summed E-state index contributed by atoms with van der Waals surface area (Å²) in [6.07, 6.45) is 5.55. The van der Waals surface area contributed by atoms with Gasteiger partial charge in [-0.2, -0.15) is 0 Å². The summed E-state index contributed by atoms with van der Waals surface area (Å²) in [6, 6.07) is 20.6. The van der Waals surface area contributed by atoms with Crippen LogP contribution in [0.5, 0.6) is 0 Å². The van der Waals surface area contributed by atoms with Crippen LogP contribution in [-0.2, 0) is 16.2 Å². The summed E-state index contributed by atoms with van der Waals surface area (Å²) in [7, 11) is 0. The minimum Gasteiger partial charge on any atom is -0.264 e. The van der Waals surface area contributed by atoms with Gasteiger partial charge in [0.1, 0.15) is 0 Å². The molecular formula is C31H52N2. The Balaban J connectivity index is -0.000000391. The van der Waals surface area contributed by atoms with Gasteiger partial charge in [0.2, 0.25) is 0 Å². The second-order valence-corrected chi connectivity index (χ2v) is 10.6. The van der Waals surface area contributed by atoms with E-state index in [1.165, 1.54) is 11.1 Å². The van der Waals surface area contributed by atoms with Gasteiger partial charge in [-0.25, -0.2) is 0 Å². The summed E-state index contributed by atoms with van der Waals surface area (Å²) in [5, 5.41) is 0. The molecule has 0 atom stereocenters. The lowest BCUT2D eigenvalue weighted by Crippen LogP contribution is -2.12. The van der Waals surface area contributed by atoms with Crippen molar-refractivity contribution < 1.29 is 0 Å². The van der Waals surface area contributed by atoms with E-state index in [1.807, 2.05) is 30.6 Å². The Kier molecular flexibility index (Phi) is 16.4. The van der Waals surface area contributed by atoms with Crippen LogP contribution in [0.1, 0.15) is 101 Å². The van der Waals surface area contributed by atoms with E-state index >= 15 is 0 Å². The lowest BCUT2D eigenvalue weighted by atomic mass is 9.87. The number of pyridine rings is 2. The number of rotatable bonds is 0. The zero-order valence-corrected chi connectivity index (χ0v) is 20.4. The maximum atomic E-state index is 4.25. The molecular weight excluding hydrogens is 400 g/mol. The molecule has 0 saturated heterocycles. The number of hydrogen-bond acceptors (Lipinski definition) is 2. The highest BCUT2D eigenvalue weighted by molar-refractivity contribution is 5.22. The third kappa shape index (κ3) is 14.3. The molecule has 3 rings (SSSR count). The summed E-state index contributed by atoms with van der Waals surface area (Å²) in [4.78, 5) is 8.30. The highest BCUT2D eigenvalue weighted by atomic mass is 14.7. The first-order valence-corrected chi connectivity index (χ1v) is 10.7. The lowest BCUT2D eigenvalue weighted by Gasteiger charge is -2.18. The van der Waals surface area contributed by atoms with Gasteiger partial charge in [0.15, 0.2) is 0 Å². The van der Waals surface area contributed by atoms with E-state index in [2.05, 4.69) is 115 Å². The van der Waals surface area contributed by atoms with Crippen LogP contribution in [0.4, 0.5) is 0 Å². The fourth-order valence-electron chi connectivity index (χ4n) is 2.55. The monoisotopic (exact) mass is 452 g/mol. The van der Waals surface area contributed by atoms with Crippen LogP contribution in [0, 0.1) is 0 Å². The number of nitrogens with zero attached hydrogens (tertiary/aromatic N) is 2. The Morgan fingerprint density at radius 2 is 0.970 bits per heavy atom. The average molecular weight is 453 g/mol. The zero-order chi connectivity index (χ0) is 22.8. The smallest absolute Gasteiger partial charge is 0.0457 e. The molecule has 0 aliphatic heterocycles. The highest BCUT2D eigenvalue weighted by Gasteiger charge is 2.13. The molecule has 2 heteroatoms. The Bertz CT molecular complexity index is 702. The quantitative estimate of drug-likeness (QED) is 0.339. The molecule has 2 heterocycles. The third-order valence-electron chi connectivity index (χ3n) is 4.60. The fraction of sp³-hybridized carbons (Fsp3) is 0.484. The van der Waals surface area contributed by atoms with Gasteiger partial charge < -0.3 is 0 Å². The van der Waals surface area contributed by atoms with Crippen molar-refractivity contribution in [1.82, 2.24) is 9.97 Å². The van der Waals surface area contributed by atoms with E-state index in [4.69, 9.17) is 0 Å². The minimum absolute atomic E-state index is 0. The molecule has 0 aliphatic rings. The molecule has 0 spiro atoms. The molecule has 1 aromatic carbocycles. The van der Waals surface area contributed by atoms with Crippen molar-refractivity contribution in [3.05, 3.63) is 96.1 Å². The maximum absolute atomic E-state index is 4.25. The van der Waals surface area contributed by atoms with Gasteiger partial charge in [0, 0.05) is 29.7 Å². The predicted molar refractivity (Wildman–Crippen MR) is 151 cm³/mol. The van der Waals surface area contributed by atoms with Crippen molar-refractivity contribution >= 4 is 0 Å². The van der Waals surface area contributed by atoms with Crippen molar-refractivity contribution in [1.29, 1.82) is 0 Å². The first kappa shape index (κ1) is 35.1. The summed E-state index contributed by atoms with van der Waals surface area (Å²) >= 11 is 0. The molecule has 0 radical (unpaired) electrons.